The molecule has 4 heteroatoms. The highest BCUT2D eigenvalue weighted by molar-refractivity contribution is 9.10. The lowest BCUT2D eigenvalue weighted by molar-refractivity contribution is 0.572. The van der Waals surface area contributed by atoms with E-state index in [1.54, 1.807) is 6.07 Å². The van der Waals surface area contributed by atoms with Gasteiger partial charge >= 0.3 is 0 Å². The highest BCUT2D eigenvalue weighted by Gasteiger charge is 2.01. The number of rotatable bonds is 7. The number of hydrogen-bond donors (Lipinski definition) is 2. The van der Waals surface area contributed by atoms with E-state index in [-0.39, 0.29) is 5.82 Å². The molecule has 16 heavy (non-hydrogen) atoms. The minimum absolute atomic E-state index is 0.164. The summed E-state index contributed by atoms with van der Waals surface area (Å²) in [6.07, 6.45) is 1.14. The van der Waals surface area contributed by atoms with Crippen LogP contribution in [-0.4, -0.2) is 19.6 Å². The van der Waals surface area contributed by atoms with Crippen LogP contribution in [0.25, 0.3) is 0 Å². The van der Waals surface area contributed by atoms with E-state index < -0.39 is 0 Å². The Morgan fingerprint density at radius 1 is 1.19 bits per heavy atom. The molecule has 0 bridgehead atoms. The van der Waals surface area contributed by atoms with Crippen LogP contribution in [0.2, 0.25) is 0 Å². The Kier molecular flexibility index (Phi) is 6.61. The zero-order valence-corrected chi connectivity index (χ0v) is 11.1. The van der Waals surface area contributed by atoms with E-state index in [4.69, 9.17) is 0 Å². The van der Waals surface area contributed by atoms with E-state index in [0.717, 1.165) is 30.5 Å². The van der Waals surface area contributed by atoms with Gasteiger partial charge in [-0.3, -0.25) is 0 Å². The van der Waals surface area contributed by atoms with Gasteiger partial charge in [-0.1, -0.05) is 28.9 Å². The highest BCUT2D eigenvalue weighted by atomic mass is 79.9. The Morgan fingerprint density at radius 3 is 2.62 bits per heavy atom. The maximum Gasteiger partial charge on any atom is 0.128 e. The summed E-state index contributed by atoms with van der Waals surface area (Å²) in [5.41, 5.74) is 0.707. The zero-order chi connectivity index (χ0) is 11.8. The van der Waals surface area contributed by atoms with E-state index >= 15 is 0 Å². The number of hydrogen-bond acceptors (Lipinski definition) is 2. The van der Waals surface area contributed by atoms with Gasteiger partial charge in [0.05, 0.1) is 0 Å². The van der Waals surface area contributed by atoms with E-state index in [9.17, 15) is 4.39 Å². The van der Waals surface area contributed by atoms with Gasteiger partial charge in [0.25, 0.3) is 0 Å². The van der Waals surface area contributed by atoms with Gasteiger partial charge in [-0.25, -0.2) is 4.39 Å². The predicted molar refractivity (Wildman–Crippen MR) is 69.0 cm³/mol. The lowest BCUT2D eigenvalue weighted by Gasteiger charge is -2.07. The molecule has 0 atom stereocenters. The summed E-state index contributed by atoms with van der Waals surface area (Å²) in [6, 6.07) is 5.15. The van der Waals surface area contributed by atoms with Crippen molar-refractivity contribution in [2.24, 2.45) is 0 Å². The molecule has 0 heterocycles. The Bertz CT molecular complexity index is 318. The standard InChI is InChI=1S/C12H18BrFN2/c1-2-5-15-6-7-16-9-10-3-4-11(13)8-12(10)14/h3-4,8,15-16H,2,5-7,9H2,1H3. The molecule has 90 valence electrons. The van der Waals surface area contributed by atoms with Crippen molar-refractivity contribution in [3.05, 3.63) is 34.1 Å². The van der Waals surface area contributed by atoms with Crippen molar-refractivity contribution < 1.29 is 4.39 Å². The fraction of sp³-hybridized carbons (Fsp3) is 0.500. The van der Waals surface area contributed by atoms with Crippen molar-refractivity contribution in [3.8, 4) is 0 Å². The molecular formula is C12H18BrFN2. The van der Waals surface area contributed by atoms with Crippen LogP contribution in [0, 0.1) is 5.82 Å². The molecule has 0 unspecified atom stereocenters. The maximum absolute atomic E-state index is 13.4. The molecule has 0 aliphatic heterocycles. The molecule has 0 fully saturated rings. The molecule has 2 nitrogen and oxygen atoms in total. The number of halogens is 2. The van der Waals surface area contributed by atoms with Crippen molar-refractivity contribution in [1.29, 1.82) is 0 Å². The Balaban J connectivity index is 2.21. The Labute approximate surface area is 105 Å². The van der Waals surface area contributed by atoms with Crippen molar-refractivity contribution in [3.63, 3.8) is 0 Å². The molecule has 0 aliphatic rings. The summed E-state index contributed by atoms with van der Waals surface area (Å²) in [7, 11) is 0. The van der Waals surface area contributed by atoms with E-state index in [2.05, 4.69) is 33.5 Å². The number of nitrogens with one attached hydrogen (secondary N) is 2. The van der Waals surface area contributed by atoms with Crippen LogP contribution >= 0.6 is 15.9 Å². The maximum atomic E-state index is 13.4. The first kappa shape index (κ1) is 13.6. The molecule has 0 saturated heterocycles. The largest absolute Gasteiger partial charge is 0.315 e. The van der Waals surface area contributed by atoms with Crippen molar-refractivity contribution >= 4 is 15.9 Å². The second-order valence-corrected chi connectivity index (χ2v) is 4.58. The number of benzene rings is 1. The van der Waals surface area contributed by atoms with Gasteiger partial charge in [0.2, 0.25) is 0 Å². The third kappa shape index (κ3) is 5.05. The van der Waals surface area contributed by atoms with E-state index in [0.29, 0.717) is 12.1 Å². The third-order valence-electron chi connectivity index (χ3n) is 2.24. The second-order valence-electron chi connectivity index (χ2n) is 3.66. The summed E-state index contributed by atoms with van der Waals surface area (Å²) in [4.78, 5) is 0. The predicted octanol–water partition coefficient (Wildman–Crippen LogP) is 2.68. The average molecular weight is 289 g/mol. The lowest BCUT2D eigenvalue weighted by atomic mass is 10.2. The lowest BCUT2D eigenvalue weighted by Crippen LogP contribution is -2.27. The van der Waals surface area contributed by atoms with Crippen LogP contribution in [0.4, 0.5) is 4.39 Å². The molecule has 1 rings (SSSR count). The smallest absolute Gasteiger partial charge is 0.128 e. The molecular weight excluding hydrogens is 271 g/mol. The topological polar surface area (TPSA) is 24.1 Å². The van der Waals surface area contributed by atoms with Gasteiger partial charge in [0.1, 0.15) is 5.82 Å². The minimum Gasteiger partial charge on any atom is -0.315 e. The van der Waals surface area contributed by atoms with Crippen molar-refractivity contribution in [2.45, 2.75) is 19.9 Å². The fourth-order valence-corrected chi connectivity index (χ4v) is 1.70. The molecule has 0 radical (unpaired) electrons. The molecule has 0 aromatic heterocycles. The monoisotopic (exact) mass is 288 g/mol. The van der Waals surface area contributed by atoms with Crippen LogP contribution in [-0.2, 0) is 6.54 Å². The van der Waals surface area contributed by atoms with Crippen LogP contribution < -0.4 is 10.6 Å². The third-order valence-corrected chi connectivity index (χ3v) is 2.73. The average Bonchev–Trinajstić information content (AvgIpc) is 2.26. The Hall–Kier alpha value is -0.450. The quantitative estimate of drug-likeness (QED) is 0.754. The molecule has 0 aliphatic carbocycles. The second kappa shape index (κ2) is 7.76. The normalized spacial score (nSPS) is 10.7. The summed E-state index contributed by atoms with van der Waals surface area (Å²) in [6.45, 7) is 5.53. The molecule has 1 aromatic carbocycles. The highest BCUT2D eigenvalue weighted by Crippen LogP contribution is 2.14. The fourth-order valence-electron chi connectivity index (χ4n) is 1.37. The SMILES string of the molecule is CCCNCCNCc1ccc(Br)cc1F. The molecule has 0 saturated carbocycles. The summed E-state index contributed by atoms with van der Waals surface area (Å²) in [5, 5.41) is 6.48. The van der Waals surface area contributed by atoms with Crippen molar-refractivity contribution in [2.75, 3.05) is 19.6 Å². The van der Waals surface area contributed by atoms with Gasteiger partial charge in [-0.2, -0.15) is 0 Å². The van der Waals surface area contributed by atoms with Gasteiger partial charge in [-0.05, 0) is 25.1 Å². The molecule has 0 spiro atoms. The minimum atomic E-state index is -0.164. The zero-order valence-electron chi connectivity index (χ0n) is 9.52. The first-order chi connectivity index (χ1) is 7.74. The first-order valence-corrected chi connectivity index (χ1v) is 6.38. The molecule has 0 amide bonds. The molecule has 1 aromatic rings. The first-order valence-electron chi connectivity index (χ1n) is 5.59. The van der Waals surface area contributed by atoms with E-state index in [1.165, 1.54) is 6.07 Å². The van der Waals surface area contributed by atoms with Crippen LogP contribution in [0.3, 0.4) is 0 Å². The molecule has 2 N–H and O–H groups in total. The van der Waals surface area contributed by atoms with Crippen LogP contribution in [0.5, 0.6) is 0 Å². The van der Waals surface area contributed by atoms with Crippen LogP contribution in [0.15, 0.2) is 22.7 Å². The van der Waals surface area contributed by atoms with Gasteiger partial charge in [0.15, 0.2) is 0 Å². The van der Waals surface area contributed by atoms with Gasteiger partial charge < -0.3 is 10.6 Å². The summed E-state index contributed by atoms with van der Waals surface area (Å²) < 4.78 is 14.2. The Morgan fingerprint density at radius 2 is 1.94 bits per heavy atom. The summed E-state index contributed by atoms with van der Waals surface area (Å²) >= 11 is 3.24. The van der Waals surface area contributed by atoms with E-state index in [1.807, 2.05) is 6.07 Å². The van der Waals surface area contributed by atoms with Crippen LogP contribution in [0.1, 0.15) is 18.9 Å². The van der Waals surface area contributed by atoms with Crippen molar-refractivity contribution in [1.82, 2.24) is 10.6 Å². The van der Waals surface area contributed by atoms with Gasteiger partial charge in [-0.15, -0.1) is 0 Å². The summed E-state index contributed by atoms with van der Waals surface area (Å²) in [5.74, 6) is -0.164. The van der Waals surface area contributed by atoms with Gasteiger partial charge in [0, 0.05) is 29.7 Å².